The molecule has 2 nitrogen and oxygen atoms in total. The van der Waals surface area contributed by atoms with Crippen molar-refractivity contribution in [1.29, 1.82) is 0 Å². The van der Waals surface area contributed by atoms with E-state index in [9.17, 15) is 0 Å². The number of nitrogens with one attached hydrogen (secondary N) is 1. The second-order valence-electron chi connectivity index (χ2n) is 4.80. The Kier molecular flexibility index (Phi) is 3.64. The maximum absolute atomic E-state index is 6.05. The van der Waals surface area contributed by atoms with Gasteiger partial charge in [-0.15, -0.1) is 0 Å². The fourth-order valence-electron chi connectivity index (χ4n) is 2.66. The number of aromatic amines is 1. The summed E-state index contributed by atoms with van der Waals surface area (Å²) in [7, 11) is 0. The van der Waals surface area contributed by atoms with Crippen LogP contribution in [0.3, 0.4) is 0 Å². The lowest BCUT2D eigenvalue weighted by Gasteiger charge is -2.18. The first kappa shape index (κ1) is 13.4. The van der Waals surface area contributed by atoms with Gasteiger partial charge in [-0.2, -0.15) is 0 Å². The van der Waals surface area contributed by atoms with Gasteiger partial charge in [0.1, 0.15) is 0 Å². The highest BCUT2D eigenvalue weighted by Gasteiger charge is 2.15. The summed E-state index contributed by atoms with van der Waals surface area (Å²) in [5.74, 6) is 0. The summed E-state index contributed by atoms with van der Waals surface area (Å²) in [6, 6.07) is 16.5. The molecule has 3 rings (SSSR count). The minimum absolute atomic E-state index is 0.235. The minimum Gasteiger partial charge on any atom is -0.331 e. The standard InChI is InChI=1S/C16H15ClN2S/c1-2-14(11-6-4-3-5-7-11)19-15-9-8-12(17)10-13(15)18-16(19)20/h3-10,14H,2H2,1H3,(H,18,20). The van der Waals surface area contributed by atoms with Gasteiger partial charge in [0.15, 0.2) is 4.77 Å². The number of nitrogens with zero attached hydrogens (tertiary/aromatic N) is 1. The Morgan fingerprint density at radius 2 is 1.95 bits per heavy atom. The van der Waals surface area contributed by atoms with Gasteiger partial charge < -0.3 is 9.55 Å². The molecule has 4 heteroatoms. The Labute approximate surface area is 128 Å². The lowest BCUT2D eigenvalue weighted by molar-refractivity contribution is 0.575. The quantitative estimate of drug-likeness (QED) is 0.647. The van der Waals surface area contributed by atoms with Crippen molar-refractivity contribution < 1.29 is 0 Å². The van der Waals surface area contributed by atoms with E-state index in [2.05, 4.69) is 40.7 Å². The predicted molar refractivity (Wildman–Crippen MR) is 87.0 cm³/mol. The number of rotatable bonds is 3. The van der Waals surface area contributed by atoms with Gasteiger partial charge in [0.25, 0.3) is 0 Å². The van der Waals surface area contributed by atoms with Gasteiger partial charge in [0, 0.05) is 5.02 Å². The number of H-pyrrole nitrogens is 1. The molecule has 0 aliphatic rings. The molecule has 3 aromatic rings. The van der Waals surface area contributed by atoms with E-state index >= 15 is 0 Å². The second-order valence-corrected chi connectivity index (χ2v) is 5.62. The van der Waals surface area contributed by atoms with Gasteiger partial charge in [0.05, 0.1) is 17.1 Å². The lowest BCUT2D eigenvalue weighted by atomic mass is 10.0. The van der Waals surface area contributed by atoms with E-state index in [0.717, 1.165) is 22.2 Å². The van der Waals surface area contributed by atoms with Crippen molar-refractivity contribution in [3.05, 3.63) is 63.9 Å². The van der Waals surface area contributed by atoms with Crippen LogP contribution in [0.15, 0.2) is 48.5 Å². The summed E-state index contributed by atoms with van der Waals surface area (Å²) in [6.07, 6.45) is 0.980. The Morgan fingerprint density at radius 1 is 1.20 bits per heavy atom. The fraction of sp³-hybridized carbons (Fsp3) is 0.188. The van der Waals surface area contributed by atoms with E-state index in [1.54, 1.807) is 0 Å². The number of aromatic nitrogens is 2. The molecule has 1 aromatic heterocycles. The predicted octanol–water partition coefficient (Wildman–Crippen LogP) is 5.35. The third-order valence-electron chi connectivity index (χ3n) is 3.56. The maximum atomic E-state index is 6.05. The van der Waals surface area contributed by atoms with Gasteiger partial charge in [-0.25, -0.2) is 0 Å². The summed E-state index contributed by atoms with van der Waals surface area (Å²) in [6.45, 7) is 2.17. The first-order chi connectivity index (χ1) is 9.70. The normalized spacial score (nSPS) is 12.7. The molecule has 0 spiro atoms. The average Bonchev–Trinajstić information content (AvgIpc) is 2.77. The zero-order chi connectivity index (χ0) is 14.1. The highest BCUT2D eigenvalue weighted by molar-refractivity contribution is 7.71. The van der Waals surface area contributed by atoms with Crippen LogP contribution in [0.5, 0.6) is 0 Å². The van der Waals surface area contributed by atoms with Crippen LogP contribution in [0.2, 0.25) is 5.02 Å². The summed E-state index contributed by atoms with van der Waals surface area (Å²) in [5.41, 5.74) is 3.34. The molecule has 0 saturated heterocycles. The van der Waals surface area contributed by atoms with Crippen molar-refractivity contribution in [3.63, 3.8) is 0 Å². The number of fused-ring (bicyclic) bond motifs is 1. The first-order valence-corrected chi connectivity index (χ1v) is 7.44. The van der Waals surface area contributed by atoms with E-state index in [-0.39, 0.29) is 6.04 Å². The van der Waals surface area contributed by atoms with E-state index in [1.165, 1.54) is 5.56 Å². The molecule has 0 fully saturated rings. The fourth-order valence-corrected chi connectivity index (χ4v) is 3.16. The van der Waals surface area contributed by atoms with Crippen LogP contribution in [0, 0.1) is 4.77 Å². The van der Waals surface area contributed by atoms with Crippen LogP contribution in [0.4, 0.5) is 0 Å². The van der Waals surface area contributed by atoms with Gasteiger partial charge in [-0.3, -0.25) is 0 Å². The molecule has 1 unspecified atom stereocenters. The Balaban J connectivity index is 2.22. The molecule has 0 bridgehead atoms. The molecule has 20 heavy (non-hydrogen) atoms. The molecule has 2 aromatic carbocycles. The molecule has 0 aliphatic heterocycles. The summed E-state index contributed by atoms with van der Waals surface area (Å²) in [4.78, 5) is 3.25. The van der Waals surface area contributed by atoms with Crippen molar-refractivity contribution in [2.45, 2.75) is 19.4 Å². The SMILES string of the molecule is CCC(c1ccccc1)n1c(=S)[nH]c2cc(Cl)ccc21. The third-order valence-corrected chi connectivity index (χ3v) is 4.10. The number of imidazole rings is 1. The van der Waals surface area contributed by atoms with Crippen LogP contribution in [0.1, 0.15) is 24.9 Å². The van der Waals surface area contributed by atoms with Crippen molar-refractivity contribution in [3.8, 4) is 0 Å². The average molecular weight is 303 g/mol. The van der Waals surface area contributed by atoms with Crippen molar-refractivity contribution >= 4 is 34.9 Å². The largest absolute Gasteiger partial charge is 0.331 e. The highest BCUT2D eigenvalue weighted by Crippen LogP contribution is 2.28. The van der Waals surface area contributed by atoms with Crippen LogP contribution in [0.25, 0.3) is 11.0 Å². The van der Waals surface area contributed by atoms with Gasteiger partial charge in [-0.1, -0.05) is 48.9 Å². The van der Waals surface area contributed by atoms with E-state index < -0.39 is 0 Å². The minimum atomic E-state index is 0.235. The van der Waals surface area contributed by atoms with Gasteiger partial charge in [0.2, 0.25) is 0 Å². The maximum Gasteiger partial charge on any atom is 0.178 e. The molecule has 0 radical (unpaired) electrons. The molecule has 0 aliphatic carbocycles. The van der Waals surface area contributed by atoms with E-state index in [1.807, 2.05) is 24.3 Å². The van der Waals surface area contributed by atoms with E-state index in [0.29, 0.717) is 5.02 Å². The molecule has 1 atom stereocenters. The van der Waals surface area contributed by atoms with Crippen molar-refractivity contribution in [2.24, 2.45) is 0 Å². The van der Waals surface area contributed by atoms with Crippen molar-refractivity contribution in [2.75, 3.05) is 0 Å². The number of hydrogen-bond acceptors (Lipinski definition) is 1. The number of benzene rings is 2. The molecule has 102 valence electrons. The van der Waals surface area contributed by atoms with E-state index in [4.69, 9.17) is 23.8 Å². The lowest BCUT2D eigenvalue weighted by Crippen LogP contribution is -2.09. The molecule has 1 N–H and O–H groups in total. The molecular weight excluding hydrogens is 288 g/mol. The Hall–Kier alpha value is -1.58. The van der Waals surface area contributed by atoms with Crippen LogP contribution in [-0.4, -0.2) is 9.55 Å². The number of halogens is 1. The molecule has 1 heterocycles. The van der Waals surface area contributed by atoms with Gasteiger partial charge >= 0.3 is 0 Å². The van der Waals surface area contributed by atoms with Crippen LogP contribution in [-0.2, 0) is 0 Å². The Bertz CT molecular complexity index is 789. The summed E-state index contributed by atoms with van der Waals surface area (Å²) in [5, 5.41) is 0.716. The van der Waals surface area contributed by atoms with Crippen LogP contribution >= 0.6 is 23.8 Å². The Morgan fingerprint density at radius 3 is 2.65 bits per heavy atom. The molecule has 0 amide bonds. The number of hydrogen-bond donors (Lipinski definition) is 1. The smallest absolute Gasteiger partial charge is 0.178 e. The monoisotopic (exact) mass is 302 g/mol. The topological polar surface area (TPSA) is 20.7 Å². The van der Waals surface area contributed by atoms with Crippen LogP contribution < -0.4 is 0 Å². The molecular formula is C16H15ClN2S. The third kappa shape index (κ3) is 2.28. The second kappa shape index (κ2) is 5.43. The summed E-state index contributed by atoms with van der Waals surface area (Å²) >= 11 is 11.6. The summed E-state index contributed by atoms with van der Waals surface area (Å²) < 4.78 is 2.91. The van der Waals surface area contributed by atoms with Gasteiger partial charge in [-0.05, 0) is 42.4 Å². The molecule has 0 saturated carbocycles. The highest BCUT2D eigenvalue weighted by atomic mass is 35.5. The zero-order valence-corrected chi connectivity index (χ0v) is 12.7. The zero-order valence-electron chi connectivity index (χ0n) is 11.1. The first-order valence-electron chi connectivity index (χ1n) is 6.65. The van der Waals surface area contributed by atoms with Crippen molar-refractivity contribution in [1.82, 2.24) is 9.55 Å².